The molecule has 1 aliphatic rings. The number of nitrogen functional groups attached to an aromatic ring is 1. The maximum Gasteiger partial charge on any atom is 0.123 e. The van der Waals surface area contributed by atoms with Crippen LogP contribution in [-0.4, -0.2) is 23.3 Å². The monoisotopic (exact) mass is 263 g/mol. The summed E-state index contributed by atoms with van der Waals surface area (Å²) < 4.78 is 13.3. The molecule has 1 saturated heterocycles. The summed E-state index contributed by atoms with van der Waals surface area (Å²) in [6, 6.07) is 5.17. The van der Waals surface area contributed by atoms with Crippen molar-refractivity contribution in [1.29, 1.82) is 5.41 Å². The summed E-state index contributed by atoms with van der Waals surface area (Å²) in [5.74, 6) is -0.390. The number of likely N-dealkylation sites (tertiary alicyclic amines) is 1. The van der Waals surface area contributed by atoms with E-state index in [0.29, 0.717) is 11.6 Å². The molecule has 19 heavy (non-hydrogen) atoms. The second-order valence-electron chi connectivity index (χ2n) is 5.24. The van der Waals surface area contributed by atoms with Crippen molar-refractivity contribution in [3.8, 4) is 0 Å². The van der Waals surface area contributed by atoms with Crippen LogP contribution in [0.1, 0.15) is 43.7 Å². The van der Waals surface area contributed by atoms with Gasteiger partial charge in [0.2, 0.25) is 0 Å². The Hall–Kier alpha value is -1.42. The molecule has 1 atom stereocenters. The zero-order valence-corrected chi connectivity index (χ0v) is 11.5. The van der Waals surface area contributed by atoms with Gasteiger partial charge in [0.15, 0.2) is 0 Å². The summed E-state index contributed by atoms with van der Waals surface area (Å²) >= 11 is 0. The molecule has 1 aliphatic heterocycles. The highest BCUT2D eigenvalue weighted by Crippen LogP contribution is 2.23. The van der Waals surface area contributed by atoms with Crippen molar-refractivity contribution in [1.82, 2.24) is 4.90 Å². The van der Waals surface area contributed by atoms with Crippen LogP contribution in [0.2, 0.25) is 0 Å². The van der Waals surface area contributed by atoms with Gasteiger partial charge in [-0.3, -0.25) is 10.3 Å². The molecule has 0 radical (unpaired) electrons. The van der Waals surface area contributed by atoms with Crippen LogP contribution in [0.3, 0.4) is 0 Å². The molecule has 4 heteroatoms. The maximum atomic E-state index is 13.3. The van der Waals surface area contributed by atoms with Gasteiger partial charge in [0.25, 0.3) is 0 Å². The van der Waals surface area contributed by atoms with Gasteiger partial charge in [0, 0.05) is 18.2 Å². The Bertz CT molecular complexity index is 459. The second-order valence-corrected chi connectivity index (χ2v) is 5.24. The highest BCUT2D eigenvalue weighted by Gasteiger charge is 2.22. The van der Waals surface area contributed by atoms with E-state index in [-0.39, 0.29) is 11.7 Å². The SMILES string of the molecule is CCC1CCCCN1Cc1ccc(F)cc1C(=N)N. The summed E-state index contributed by atoms with van der Waals surface area (Å²) in [5.41, 5.74) is 7.04. The lowest BCUT2D eigenvalue weighted by Crippen LogP contribution is -2.38. The van der Waals surface area contributed by atoms with Gasteiger partial charge in [-0.15, -0.1) is 0 Å². The van der Waals surface area contributed by atoms with E-state index >= 15 is 0 Å². The van der Waals surface area contributed by atoms with E-state index in [1.54, 1.807) is 6.07 Å². The predicted octanol–water partition coefficient (Wildman–Crippen LogP) is 2.87. The fourth-order valence-electron chi connectivity index (χ4n) is 2.89. The molecule has 104 valence electrons. The first kappa shape index (κ1) is 14.0. The molecule has 1 aromatic rings. The molecular formula is C15H22FN3. The number of amidine groups is 1. The van der Waals surface area contributed by atoms with Gasteiger partial charge in [0.05, 0.1) is 0 Å². The molecule has 0 amide bonds. The number of rotatable bonds is 4. The van der Waals surface area contributed by atoms with E-state index in [4.69, 9.17) is 11.1 Å². The highest BCUT2D eigenvalue weighted by atomic mass is 19.1. The highest BCUT2D eigenvalue weighted by molar-refractivity contribution is 5.96. The maximum absolute atomic E-state index is 13.3. The van der Waals surface area contributed by atoms with Crippen molar-refractivity contribution < 1.29 is 4.39 Å². The van der Waals surface area contributed by atoms with E-state index in [9.17, 15) is 4.39 Å². The Labute approximate surface area is 114 Å². The lowest BCUT2D eigenvalue weighted by Gasteiger charge is -2.35. The number of hydrogen-bond acceptors (Lipinski definition) is 2. The number of benzene rings is 1. The second kappa shape index (κ2) is 6.15. The minimum absolute atomic E-state index is 0.0560. The van der Waals surface area contributed by atoms with Crippen molar-refractivity contribution >= 4 is 5.84 Å². The van der Waals surface area contributed by atoms with Crippen LogP contribution in [-0.2, 0) is 6.54 Å². The van der Waals surface area contributed by atoms with E-state index in [2.05, 4.69) is 11.8 Å². The molecule has 1 heterocycles. The van der Waals surface area contributed by atoms with Gasteiger partial charge in [-0.25, -0.2) is 4.39 Å². The number of nitrogens with two attached hydrogens (primary N) is 1. The number of piperidine rings is 1. The molecule has 1 fully saturated rings. The van der Waals surface area contributed by atoms with Crippen molar-refractivity contribution in [2.75, 3.05) is 6.54 Å². The summed E-state index contributed by atoms with van der Waals surface area (Å²) in [6.45, 7) is 4.04. The van der Waals surface area contributed by atoms with Gasteiger partial charge in [-0.1, -0.05) is 19.4 Å². The first-order chi connectivity index (χ1) is 9.11. The molecule has 3 nitrogen and oxygen atoms in total. The Morgan fingerprint density at radius 1 is 1.47 bits per heavy atom. The fourth-order valence-corrected chi connectivity index (χ4v) is 2.89. The summed E-state index contributed by atoms with van der Waals surface area (Å²) in [7, 11) is 0. The van der Waals surface area contributed by atoms with Crippen molar-refractivity contribution in [3.05, 3.63) is 35.1 Å². The van der Waals surface area contributed by atoms with E-state index in [1.165, 1.54) is 31.4 Å². The average molecular weight is 263 g/mol. The summed E-state index contributed by atoms with van der Waals surface area (Å²) in [5, 5.41) is 7.58. The van der Waals surface area contributed by atoms with Gasteiger partial charge in [0.1, 0.15) is 11.7 Å². The Morgan fingerprint density at radius 3 is 2.95 bits per heavy atom. The first-order valence-electron chi connectivity index (χ1n) is 6.98. The van der Waals surface area contributed by atoms with Crippen LogP contribution in [0.4, 0.5) is 4.39 Å². The van der Waals surface area contributed by atoms with Crippen LogP contribution < -0.4 is 5.73 Å². The van der Waals surface area contributed by atoms with Crippen LogP contribution in [0, 0.1) is 11.2 Å². The molecule has 0 saturated carbocycles. The Morgan fingerprint density at radius 2 is 2.26 bits per heavy atom. The van der Waals surface area contributed by atoms with Gasteiger partial charge in [-0.2, -0.15) is 0 Å². The zero-order valence-electron chi connectivity index (χ0n) is 11.5. The predicted molar refractivity (Wildman–Crippen MR) is 75.8 cm³/mol. The standard InChI is InChI=1S/C15H22FN3/c1-2-13-5-3-4-8-19(13)10-11-6-7-12(16)9-14(11)15(17)18/h6-7,9,13H,2-5,8,10H2,1H3,(H3,17,18). The van der Waals surface area contributed by atoms with Crippen molar-refractivity contribution in [3.63, 3.8) is 0 Å². The number of nitrogens with zero attached hydrogens (tertiary/aromatic N) is 1. The lowest BCUT2D eigenvalue weighted by molar-refractivity contribution is 0.136. The third-order valence-electron chi connectivity index (χ3n) is 3.96. The lowest BCUT2D eigenvalue weighted by atomic mass is 9.98. The third-order valence-corrected chi connectivity index (χ3v) is 3.96. The van der Waals surface area contributed by atoms with E-state index in [1.807, 2.05) is 0 Å². The quantitative estimate of drug-likeness (QED) is 0.648. The van der Waals surface area contributed by atoms with Gasteiger partial charge < -0.3 is 5.73 Å². The van der Waals surface area contributed by atoms with Crippen LogP contribution in [0.25, 0.3) is 0 Å². The van der Waals surface area contributed by atoms with E-state index < -0.39 is 0 Å². The molecule has 0 bridgehead atoms. The van der Waals surface area contributed by atoms with Crippen molar-refractivity contribution in [2.45, 2.75) is 45.2 Å². The van der Waals surface area contributed by atoms with Gasteiger partial charge >= 0.3 is 0 Å². The van der Waals surface area contributed by atoms with E-state index in [0.717, 1.165) is 25.1 Å². The summed E-state index contributed by atoms with van der Waals surface area (Å²) in [6.07, 6.45) is 4.87. The molecule has 3 N–H and O–H groups in total. The first-order valence-corrected chi connectivity index (χ1v) is 6.98. The minimum atomic E-state index is -0.334. The number of halogens is 1. The fraction of sp³-hybridized carbons (Fsp3) is 0.533. The molecule has 2 rings (SSSR count). The normalized spacial score (nSPS) is 20.4. The van der Waals surface area contributed by atoms with Crippen LogP contribution in [0.5, 0.6) is 0 Å². The molecule has 1 unspecified atom stereocenters. The number of hydrogen-bond donors (Lipinski definition) is 2. The molecular weight excluding hydrogens is 241 g/mol. The molecule has 1 aromatic carbocycles. The Balaban J connectivity index is 2.20. The van der Waals surface area contributed by atoms with Gasteiger partial charge in [-0.05, 0) is 43.5 Å². The molecule has 0 aromatic heterocycles. The van der Waals surface area contributed by atoms with Crippen LogP contribution in [0.15, 0.2) is 18.2 Å². The topological polar surface area (TPSA) is 53.1 Å². The van der Waals surface area contributed by atoms with Crippen molar-refractivity contribution in [2.24, 2.45) is 5.73 Å². The third kappa shape index (κ3) is 3.32. The zero-order chi connectivity index (χ0) is 13.8. The smallest absolute Gasteiger partial charge is 0.123 e. The average Bonchev–Trinajstić information content (AvgIpc) is 2.41. The largest absolute Gasteiger partial charge is 0.384 e. The number of nitrogens with one attached hydrogen (secondary N) is 1. The molecule has 0 aliphatic carbocycles. The summed E-state index contributed by atoms with van der Waals surface area (Å²) in [4.78, 5) is 2.43. The van der Waals surface area contributed by atoms with Crippen LogP contribution >= 0.6 is 0 Å². The minimum Gasteiger partial charge on any atom is -0.384 e. The Kier molecular flexibility index (Phi) is 4.53. The molecule has 0 spiro atoms.